The second kappa shape index (κ2) is 4.63. The number of rotatable bonds is 2. The zero-order valence-corrected chi connectivity index (χ0v) is 9.63. The SMILES string of the molecule is CNC1CCCN(C2CCC(C)C2)C1. The molecule has 82 valence electrons. The molecule has 1 N–H and O–H groups in total. The zero-order valence-electron chi connectivity index (χ0n) is 9.63. The monoisotopic (exact) mass is 196 g/mol. The van der Waals surface area contributed by atoms with Crippen LogP contribution in [0.1, 0.15) is 39.0 Å². The molecule has 0 radical (unpaired) electrons. The van der Waals surface area contributed by atoms with Crippen molar-refractivity contribution in [3.8, 4) is 0 Å². The Morgan fingerprint density at radius 1 is 1.21 bits per heavy atom. The highest BCUT2D eigenvalue weighted by Gasteiger charge is 2.29. The molecule has 1 aliphatic carbocycles. The second-order valence-corrected chi connectivity index (χ2v) is 5.19. The summed E-state index contributed by atoms with van der Waals surface area (Å²) < 4.78 is 0. The van der Waals surface area contributed by atoms with E-state index >= 15 is 0 Å². The summed E-state index contributed by atoms with van der Waals surface area (Å²) in [5.41, 5.74) is 0. The lowest BCUT2D eigenvalue weighted by Gasteiger charge is -2.36. The summed E-state index contributed by atoms with van der Waals surface area (Å²) in [6.45, 7) is 5.03. The average molecular weight is 196 g/mol. The van der Waals surface area contributed by atoms with Crippen LogP contribution in [0.5, 0.6) is 0 Å². The van der Waals surface area contributed by atoms with E-state index in [9.17, 15) is 0 Å². The van der Waals surface area contributed by atoms with Gasteiger partial charge in [-0.1, -0.05) is 6.92 Å². The van der Waals surface area contributed by atoms with Crippen LogP contribution in [0.25, 0.3) is 0 Å². The van der Waals surface area contributed by atoms with Crippen LogP contribution in [0.15, 0.2) is 0 Å². The fourth-order valence-corrected chi connectivity index (χ4v) is 3.08. The van der Waals surface area contributed by atoms with E-state index in [2.05, 4.69) is 24.2 Å². The zero-order chi connectivity index (χ0) is 9.97. The van der Waals surface area contributed by atoms with E-state index in [1.807, 2.05) is 0 Å². The summed E-state index contributed by atoms with van der Waals surface area (Å²) in [5, 5.41) is 3.43. The molecule has 0 aromatic heterocycles. The Kier molecular flexibility index (Phi) is 3.45. The maximum Gasteiger partial charge on any atom is 0.0192 e. The van der Waals surface area contributed by atoms with E-state index in [1.54, 1.807) is 0 Å². The van der Waals surface area contributed by atoms with E-state index in [-0.39, 0.29) is 0 Å². The van der Waals surface area contributed by atoms with Gasteiger partial charge in [-0.15, -0.1) is 0 Å². The predicted octanol–water partition coefficient (Wildman–Crippen LogP) is 1.86. The largest absolute Gasteiger partial charge is 0.316 e. The first-order valence-electron chi connectivity index (χ1n) is 6.21. The Labute approximate surface area is 88.1 Å². The third kappa shape index (κ3) is 2.29. The maximum atomic E-state index is 3.43. The maximum absolute atomic E-state index is 3.43. The van der Waals surface area contributed by atoms with E-state index < -0.39 is 0 Å². The summed E-state index contributed by atoms with van der Waals surface area (Å²) in [7, 11) is 2.10. The fourth-order valence-electron chi connectivity index (χ4n) is 3.08. The third-order valence-electron chi connectivity index (χ3n) is 4.04. The molecule has 2 fully saturated rings. The van der Waals surface area contributed by atoms with Crippen molar-refractivity contribution in [3.05, 3.63) is 0 Å². The molecule has 3 unspecified atom stereocenters. The Bertz CT molecular complexity index is 181. The average Bonchev–Trinajstić information content (AvgIpc) is 2.65. The molecule has 0 amide bonds. The van der Waals surface area contributed by atoms with Gasteiger partial charge in [0.15, 0.2) is 0 Å². The van der Waals surface area contributed by atoms with Gasteiger partial charge in [0.1, 0.15) is 0 Å². The highest BCUT2D eigenvalue weighted by atomic mass is 15.2. The van der Waals surface area contributed by atoms with E-state index in [0.717, 1.165) is 18.0 Å². The van der Waals surface area contributed by atoms with Crippen molar-refractivity contribution in [1.29, 1.82) is 0 Å². The Morgan fingerprint density at radius 2 is 2.07 bits per heavy atom. The van der Waals surface area contributed by atoms with Gasteiger partial charge >= 0.3 is 0 Å². The van der Waals surface area contributed by atoms with Gasteiger partial charge < -0.3 is 5.32 Å². The minimum Gasteiger partial charge on any atom is -0.316 e. The summed E-state index contributed by atoms with van der Waals surface area (Å²) in [6, 6.07) is 1.65. The molecule has 0 bridgehead atoms. The van der Waals surface area contributed by atoms with Crippen LogP contribution in [0, 0.1) is 5.92 Å². The van der Waals surface area contributed by atoms with Gasteiger partial charge in [0.2, 0.25) is 0 Å². The van der Waals surface area contributed by atoms with Crippen molar-refractivity contribution in [1.82, 2.24) is 10.2 Å². The molecule has 1 aliphatic heterocycles. The van der Waals surface area contributed by atoms with Crippen LogP contribution in [0.2, 0.25) is 0 Å². The van der Waals surface area contributed by atoms with Crippen molar-refractivity contribution < 1.29 is 0 Å². The van der Waals surface area contributed by atoms with Gasteiger partial charge in [0.05, 0.1) is 0 Å². The summed E-state index contributed by atoms with van der Waals surface area (Å²) in [6.07, 6.45) is 7.09. The standard InChI is InChI=1S/C12H24N2/c1-10-5-6-12(8-10)14-7-3-4-11(9-14)13-2/h10-13H,3-9H2,1-2H3. The second-order valence-electron chi connectivity index (χ2n) is 5.19. The predicted molar refractivity (Wildman–Crippen MR) is 60.5 cm³/mol. The summed E-state index contributed by atoms with van der Waals surface area (Å²) in [4.78, 5) is 2.73. The van der Waals surface area contributed by atoms with Crippen LogP contribution in [0.3, 0.4) is 0 Å². The van der Waals surface area contributed by atoms with Crippen LogP contribution in [0.4, 0.5) is 0 Å². The molecule has 2 nitrogen and oxygen atoms in total. The highest BCUT2D eigenvalue weighted by molar-refractivity contribution is 4.86. The van der Waals surface area contributed by atoms with E-state index in [4.69, 9.17) is 0 Å². The first-order chi connectivity index (χ1) is 6.79. The quantitative estimate of drug-likeness (QED) is 0.725. The normalized spacial score (nSPS) is 40.3. The van der Waals surface area contributed by atoms with Crippen molar-refractivity contribution >= 4 is 0 Å². The summed E-state index contributed by atoms with van der Waals surface area (Å²) in [5.74, 6) is 0.968. The lowest BCUT2D eigenvalue weighted by Crippen LogP contribution is -2.48. The molecule has 3 atom stereocenters. The minimum absolute atomic E-state index is 0.750. The minimum atomic E-state index is 0.750. The van der Waals surface area contributed by atoms with Crippen LogP contribution < -0.4 is 5.32 Å². The highest BCUT2D eigenvalue weighted by Crippen LogP contribution is 2.30. The Morgan fingerprint density at radius 3 is 2.71 bits per heavy atom. The molecule has 0 aromatic rings. The number of piperidine rings is 1. The van der Waals surface area contributed by atoms with Gasteiger partial charge in [0.25, 0.3) is 0 Å². The topological polar surface area (TPSA) is 15.3 Å². The van der Waals surface area contributed by atoms with Crippen molar-refractivity contribution in [2.75, 3.05) is 20.1 Å². The molecule has 2 heteroatoms. The van der Waals surface area contributed by atoms with E-state index in [1.165, 1.54) is 45.2 Å². The Balaban J connectivity index is 1.84. The number of hydrogen-bond donors (Lipinski definition) is 1. The van der Waals surface area contributed by atoms with E-state index in [0.29, 0.717) is 0 Å². The molecular formula is C12H24N2. The van der Waals surface area contributed by atoms with Crippen LogP contribution in [-0.4, -0.2) is 37.1 Å². The van der Waals surface area contributed by atoms with Gasteiger partial charge in [-0.3, -0.25) is 4.90 Å². The first kappa shape index (κ1) is 10.4. The fraction of sp³-hybridized carbons (Fsp3) is 1.00. The van der Waals surface area contributed by atoms with Crippen LogP contribution >= 0.6 is 0 Å². The number of nitrogens with zero attached hydrogens (tertiary/aromatic N) is 1. The molecule has 1 saturated carbocycles. The van der Waals surface area contributed by atoms with Gasteiger partial charge in [-0.05, 0) is 51.6 Å². The molecule has 14 heavy (non-hydrogen) atoms. The molecule has 1 heterocycles. The summed E-state index contributed by atoms with van der Waals surface area (Å²) >= 11 is 0. The molecule has 0 spiro atoms. The van der Waals surface area contributed by atoms with Gasteiger partial charge in [-0.25, -0.2) is 0 Å². The first-order valence-corrected chi connectivity index (χ1v) is 6.21. The smallest absolute Gasteiger partial charge is 0.0192 e. The third-order valence-corrected chi connectivity index (χ3v) is 4.04. The number of likely N-dealkylation sites (N-methyl/N-ethyl adjacent to an activating group) is 1. The van der Waals surface area contributed by atoms with Gasteiger partial charge in [-0.2, -0.15) is 0 Å². The molecular weight excluding hydrogens is 172 g/mol. The van der Waals surface area contributed by atoms with Gasteiger partial charge in [0, 0.05) is 18.6 Å². The Hall–Kier alpha value is -0.0800. The number of likely N-dealkylation sites (tertiary alicyclic amines) is 1. The number of hydrogen-bond acceptors (Lipinski definition) is 2. The van der Waals surface area contributed by atoms with Crippen molar-refractivity contribution in [2.45, 2.75) is 51.1 Å². The number of nitrogens with one attached hydrogen (secondary N) is 1. The molecule has 2 rings (SSSR count). The van der Waals surface area contributed by atoms with Crippen molar-refractivity contribution in [3.63, 3.8) is 0 Å². The molecule has 1 saturated heterocycles. The lowest BCUT2D eigenvalue weighted by molar-refractivity contribution is 0.139. The van der Waals surface area contributed by atoms with Crippen molar-refractivity contribution in [2.24, 2.45) is 5.92 Å². The van der Waals surface area contributed by atoms with Crippen LogP contribution in [-0.2, 0) is 0 Å². The lowest BCUT2D eigenvalue weighted by atomic mass is 10.0. The molecule has 0 aromatic carbocycles. The molecule has 2 aliphatic rings.